The van der Waals surface area contributed by atoms with E-state index in [1.165, 1.54) is 6.07 Å². The summed E-state index contributed by atoms with van der Waals surface area (Å²) in [4.78, 5) is 0. The molecular weight excluding hydrogens is 577 g/mol. The van der Waals surface area contributed by atoms with Crippen molar-refractivity contribution in [1.29, 1.82) is 0 Å². The van der Waals surface area contributed by atoms with Crippen molar-refractivity contribution in [2.45, 2.75) is 60.0 Å². The minimum atomic E-state index is -9.01. The Morgan fingerprint density at radius 3 is 1.16 bits per heavy atom. The maximum atomic E-state index is 14.0. The van der Waals surface area contributed by atoms with Gasteiger partial charge >= 0.3 is 53.6 Å². The molecule has 0 N–H and O–H groups in total. The minimum absolute atomic E-state index is 0.553. The second-order valence-electron chi connectivity index (χ2n) is 7.38. The van der Waals surface area contributed by atoms with E-state index in [2.05, 4.69) is 6.58 Å². The van der Waals surface area contributed by atoms with E-state index in [0.29, 0.717) is 0 Å². The first-order valence-corrected chi connectivity index (χ1v) is 8.81. The summed E-state index contributed by atoms with van der Waals surface area (Å²) in [7, 11) is 0. The Kier molecular flexibility index (Phi) is 7.81. The third-order valence-corrected chi connectivity index (χ3v) is 4.87. The molecule has 0 fully saturated rings. The van der Waals surface area contributed by atoms with Crippen LogP contribution in [-0.2, 0) is 0 Å². The smallest absolute Gasteiger partial charge is 0.216 e. The van der Waals surface area contributed by atoms with E-state index < -0.39 is 71.1 Å². The molecule has 0 atom stereocenters. The molecule has 0 saturated carbocycles. The molecule has 0 spiro atoms. The SMILES string of the molecule is C=C(CC(F)(F)C(F)(F)C(F)(F)C(F)(F)C(F)(F)C(F)(F)C(F)(C(F)(F)F)C(F)(F)F)c1ccccc1. The van der Waals surface area contributed by atoms with Gasteiger partial charge in [0.25, 0.3) is 0 Å². The van der Waals surface area contributed by atoms with Crippen LogP contribution in [0.15, 0.2) is 36.9 Å². The van der Waals surface area contributed by atoms with E-state index in [1.807, 2.05) is 0 Å². The molecule has 1 aromatic carbocycles. The highest BCUT2D eigenvalue weighted by molar-refractivity contribution is 5.64. The Bertz CT molecular complexity index is 953. The van der Waals surface area contributed by atoms with Crippen LogP contribution in [0.5, 0.6) is 0 Å². The van der Waals surface area contributed by atoms with Crippen molar-refractivity contribution in [3.05, 3.63) is 42.5 Å². The molecule has 0 nitrogen and oxygen atoms in total. The van der Waals surface area contributed by atoms with Crippen molar-refractivity contribution in [1.82, 2.24) is 0 Å². The largest absolute Gasteiger partial charge is 0.438 e. The van der Waals surface area contributed by atoms with Gasteiger partial charge in [-0.3, -0.25) is 0 Å². The van der Waals surface area contributed by atoms with Gasteiger partial charge in [0.1, 0.15) is 0 Å². The predicted octanol–water partition coefficient (Wildman–Crippen LogP) is 8.73. The van der Waals surface area contributed by atoms with Crippen LogP contribution in [0.3, 0.4) is 0 Å². The highest BCUT2D eigenvalue weighted by atomic mass is 19.4. The molecule has 0 amide bonds. The van der Waals surface area contributed by atoms with Crippen molar-refractivity contribution < 1.29 is 83.4 Å². The highest BCUT2D eigenvalue weighted by Crippen LogP contribution is 2.66. The topological polar surface area (TPSA) is 0 Å². The van der Waals surface area contributed by atoms with Crippen LogP contribution in [0.4, 0.5) is 83.4 Å². The summed E-state index contributed by atoms with van der Waals surface area (Å²) in [5.41, 5.74) is -10.6. The first-order valence-electron chi connectivity index (χ1n) is 8.81. The van der Waals surface area contributed by atoms with Crippen molar-refractivity contribution in [3.8, 4) is 0 Å². The highest BCUT2D eigenvalue weighted by Gasteiger charge is 2.98. The van der Waals surface area contributed by atoms with Gasteiger partial charge in [-0.15, -0.1) is 0 Å². The van der Waals surface area contributed by atoms with Gasteiger partial charge < -0.3 is 0 Å². The molecule has 0 aliphatic rings. The van der Waals surface area contributed by atoms with Gasteiger partial charge in [0.05, 0.1) is 0 Å². The third kappa shape index (κ3) is 4.48. The van der Waals surface area contributed by atoms with E-state index in [9.17, 15) is 83.4 Å². The number of rotatable bonds is 9. The van der Waals surface area contributed by atoms with E-state index in [4.69, 9.17) is 0 Å². The maximum absolute atomic E-state index is 14.0. The Labute approximate surface area is 192 Å². The van der Waals surface area contributed by atoms with Crippen LogP contribution in [0, 0.1) is 0 Å². The zero-order valence-electron chi connectivity index (χ0n) is 17.0. The van der Waals surface area contributed by atoms with Crippen LogP contribution in [0.1, 0.15) is 12.0 Å². The number of benzene rings is 1. The fraction of sp³-hybridized carbons (Fsp3) is 0.556. The van der Waals surface area contributed by atoms with Gasteiger partial charge in [0, 0.05) is 6.42 Å². The average Bonchev–Trinajstić information content (AvgIpc) is 2.70. The molecule has 19 heteroatoms. The predicted molar refractivity (Wildman–Crippen MR) is 85.7 cm³/mol. The molecule has 37 heavy (non-hydrogen) atoms. The lowest BCUT2D eigenvalue weighted by Crippen LogP contribution is -2.77. The van der Waals surface area contributed by atoms with Crippen LogP contribution < -0.4 is 0 Å². The molecule has 0 aromatic heterocycles. The number of alkyl halides is 19. The summed E-state index contributed by atoms with van der Waals surface area (Å²) in [6.07, 6.45) is -19.4. The molecule has 0 aliphatic heterocycles. The second-order valence-corrected chi connectivity index (χ2v) is 7.38. The van der Waals surface area contributed by atoms with Gasteiger partial charge in [0.2, 0.25) is 0 Å². The zero-order valence-corrected chi connectivity index (χ0v) is 17.0. The van der Waals surface area contributed by atoms with Crippen LogP contribution in [-0.4, -0.2) is 53.6 Å². The third-order valence-electron chi connectivity index (χ3n) is 4.87. The zero-order chi connectivity index (χ0) is 29.9. The van der Waals surface area contributed by atoms with Crippen LogP contribution >= 0.6 is 0 Å². The van der Waals surface area contributed by atoms with E-state index in [0.717, 1.165) is 24.3 Å². The summed E-state index contributed by atoms with van der Waals surface area (Å²) in [5.74, 6) is -49.9. The van der Waals surface area contributed by atoms with E-state index in [-0.39, 0.29) is 0 Å². The van der Waals surface area contributed by atoms with Crippen molar-refractivity contribution in [2.24, 2.45) is 0 Å². The quantitative estimate of drug-likeness (QED) is 0.254. The van der Waals surface area contributed by atoms with Gasteiger partial charge in [-0.25, -0.2) is 4.39 Å². The van der Waals surface area contributed by atoms with Gasteiger partial charge in [-0.05, 0) is 11.1 Å². The average molecular weight is 586 g/mol. The number of hydrogen-bond acceptors (Lipinski definition) is 0. The van der Waals surface area contributed by atoms with E-state index >= 15 is 0 Å². The lowest BCUT2D eigenvalue weighted by atomic mass is 9.83. The summed E-state index contributed by atoms with van der Waals surface area (Å²) in [6.45, 7) is 2.73. The summed E-state index contributed by atoms with van der Waals surface area (Å²) in [5, 5.41) is 0. The van der Waals surface area contributed by atoms with Crippen molar-refractivity contribution in [3.63, 3.8) is 0 Å². The second kappa shape index (κ2) is 8.84. The number of allylic oxidation sites excluding steroid dienone is 1. The molecule has 0 unspecified atom stereocenters. The molecule has 0 heterocycles. The minimum Gasteiger partial charge on any atom is -0.216 e. The lowest BCUT2D eigenvalue weighted by molar-refractivity contribution is -0.472. The van der Waals surface area contributed by atoms with Gasteiger partial charge in [0.15, 0.2) is 0 Å². The molecule has 0 saturated heterocycles. The number of hydrogen-bond donors (Lipinski definition) is 0. The molecule has 0 aliphatic carbocycles. The first kappa shape index (κ1) is 32.7. The Morgan fingerprint density at radius 1 is 0.486 bits per heavy atom. The monoisotopic (exact) mass is 586 g/mol. The molecule has 0 radical (unpaired) electrons. The molecule has 0 bridgehead atoms. The first-order chi connectivity index (χ1) is 16.0. The normalized spacial score (nSPS) is 15.6. The maximum Gasteiger partial charge on any atom is 0.438 e. The summed E-state index contributed by atoms with van der Waals surface area (Å²) in [6, 6.07) is 4.85. The van der Waals surface area contributed by atoms with Crippen LogP contribution in [0.25, 0.3) is 5.57 Å². The Morgan fingerprint density at radius 2 is 0.811 bits per heavy atom. The van der Waals surface area contributed by atoms with Crippen molar-refractivity contribution >= 4 is 5.57 Å². The Hall–Kier alpha value is -2.37. The molecule has 1 aromatic rings. The van der Waals surface area contributed by atoms with Gasteiger partial charge in [-0.1, -0.05) is 36.9 Å². The van der Waals surface area contributed by atoms with Crippen LogP contribution in [0.2, 0.25) is 0 Å². The standard InChI is InChI=1S/C18H9F19/c1-8(9-5-3-2-4-6-9)7-10(19,20)12(22,23)14(26,27)16(30,31)15(28,29)13(24,25)11(21,17(32,33)34)18(35,36)37/h2-6H,1,7H2. The summed E-state index contributed by atoms with van der Waals surface area (Å²) >= 11 is 0. The number of halogens is 19. The summed E-state index contributed by atoms with van der Waals surface area (Å²) < 4.78 is 253. The van der Waals surface area contributed by atoms with E-state index in [1.54, 1.807) is 0 Å². The molecular formula is C18H9F19. The van der Waals surface area contributed by atoms with Crippen molar-refractivity contribution in [2.75, 3.05) is 0 Å². The van der Waals surface area contributed by atoms with Gasteiger partial charge in [-0.2, -0.15) is 79.0 Å². The molecule has 214 valence electrons. The Balaban J connectivity index is 3.70. The lowest BCUT2D eigenvalue weighted by Gasteiger charge is -2.45. The fourth-order valence-corrected chi connectivity index (χ4v) is 2.71. The molecule has 1 rings (SSSR count). The fourth-order valence-electron chi connectivity index (χ4n) is 2.71.